The fourth-order valence-electron chi connectivity index (χ4n) is 1.76. The summed E-state index contributed by atoms with van der Waals surface area (Å²) in [5, 5.41) is 4.37. The Hall–Kier alpha value is -1.65. The van der Waals surface area contributed by atoms with Gasteiger partial charge in [-0.2, -0.15) is 9.78 Å². The highest BCUT2D eigenvalue weighted by Crippen LogP contribution is 2.19. The lowest BCUT2D eigenvalue weighted by Gasteiger charge is -2.27. The molecule has 72 valence electrons. The van der Waals surface area contributed by atoms with Crippen molar-refractivity contribution >= 4 is 18.1 Å². The summed E-state index contributed by atoms with van der Waals surface area (Å²) in [7, 11) is 0. The van der Waals surface area contributed by atoms with Crippen LogP contribution < -0.4 is 0 Å². The van der Waals surface area contributed by atoms with E-state index in [2.05, 4.69) is 15.1 Å². The Morgan fingerprint density at radius 2 is 2.36 bits per heavy atom. The summed E-state index contributed by atoms with van der Waals surface area (Å²) in [6, 6.07) is 1.96. The van der Waals surface area contributed by atoms with Crippen LogP contribution in [0.25, 0.3) is 0 Å². The van der Waals surface area contributed by atoms with E-state index in [0.29, 0.717) is 0 Å². The minimum atomic E-state index is 0.874. The summed E-state index contributed by atoms with van der Waals surface area (Å²) in [6.07, 6.45) is 2.93. The summed E-state index contributed by atoms with van der Waals surface area (Å²) in [6.45, 7) is 3.84. The number of hydrogen-bond acceptors (Lipinski definition) is 4. The monoisotopic (exact) mass is 189 g/mol. The fraction of sp³-hybridized carbons (Fsp3) is 0.444. The molecule has 2 aliphatic rings. The molecule has 0 amide bonds. The molecule has 0 unspecified atom stereocenters. The number of fused-ring (bicyclic) bond motifs is 3. The summed E-state index contributed by atoms with van der Waals surface area (Å²) in [5.41, 5.74) is 0.979. The van der Waals surface area contributed by atoms with Crippen LogP contribution in [-0.2, 0) is 0 Å². The number of aromatic nitrogens is 2. The van der Waals surface area contributed by atoms with Gasteiger partial charge in [0.2, 0.25) is 5.96 Å². The van der Waals surface area contributed by atoms with Crippen molar-refractivity contribution in [2.45, 2.75) is 13.3 Å². The molecule has 0 saturated carbocycles. The summed E-state index contributed by atoms with van der Waals surface area (Å²) in [5.74, 6) is 1.79. The van der Waals surface area contributed by atoms with Crippen LogP contribution in [0.15, 0.2) is 16.1 Å². The van der Waals surface area contributed by atoms with E-state index in [9.17, 15) is 0 Å². The number of nitrogens with zero attached hydrogens (tertiary/aromatic N) is 5. The van der Waals surface area contributed by atoms with Crippen LogP contribution in [0.1, 0.15) is 12.1 Å². The molecule has 0 saturated heterocycles. The van der Waals surface area contributed by atoms with Gasteiger partial charge < -0.3 is 4.90 Å². The minimum Gasteiger partial charge on any atom is -0.301 e. The van der Waals surface area contributed by atoms with Crippen LogP contribution >= 0.6 is 0 Å². The van der Waals surface area contributed by atoms with Crippen LogP contribution in [0.2, 0.25) is 0 Å². The molecule has 0 fully saturated rings. The average Bonchev–Trinajstić information content (AvgIpc) is 2.59. The van der Waals surface area contributed by atoms with Gasteiger partial charge in [0.15, 0.2) is 5.82 Å². The quantitative estimate of drug-likeness (QED) is 0.605. The Kier molecular flexibility index (Phi) is 1.47. The maximum atomic E-state index is 4.46. The first-order chi connectivity index (χ1) is 6.84. The lowest BCUT2D eigenvalue weighted by molar-refractivity contribution is 0.524. The van der Waals surface area contributed by atoms with Gasteiger partial charge in [-0.1, -0.05) is 0 Å². The third-order valence-electron chi connectivity index (χ3n) is 2.40. The Bertz CT molecular complexity index is 428. The molecule has 3 rings (SSSR count). The van der Waals surface area contributed by atoms with Crippen molar-refractivity contribution in [2.75, 3.05) is 13.1 Å². The van der Waals surface area contributed by atoms with Crippen LogP contribution in [-0.4, -0.2) is 40.1 Å². The van der Waals surface area contributed by atoms with E-state index in [0.717, 1.165) is 37.0 Å². The van der Waals surface area contributed by atoms with Gasteiger partial charge in [0.1, 0.15) is 0 Å². The summed E-state index contributed by atoms with van der Waals surface area (Å²) < 4.78 is 1.81. The first kappa shape index (κ1) is 7.73. The van der Waals surface area contributed by atoms with Gasteiger partial charge in [0.25, 0.3) is 0 Å². The highest BCUT2D eigenvalue weighted by atomic mass is 15.5. The van der Waals surface area contributed by atoms with Crippen molar-refractivity contribution in [3.63, 3.8) is 0 Å². The normalized spacial score (nSPS) is 18.9. The van der Waals surface area contributed by atoms with E-state index in [-0.39, 0.29) is 0 Å². The molecule has 5 heteroatoms. The Morgan fingerprint density at radius 1 is 1.43 bits per heavy atom. The average molecular weight is 189 g/mol. The molecule has 5 nitrogen and oxygen atoms in total. The lowest BCUT2D eigenvalue weighted by atomic mass is 10.3. The van der Waals surface area contributed by atoms with Gasteiger partial charge in [-0.15, -0.1) is 0 Å². The summed E-state index contributed by atoms with van der Waals surface area (Å²) >= 11 is 0. The zero-order valence-electron chi connectivity index (χ0n) is 8.01. The van der Waals surface area contributed by atoms with E-state index >= 15 is 0 Å². The highest BCUT2D eigenvalue weighted by Gasteiger charge is 2.22. The van der Waals surface area contributed by atoms with Crippen molar-refractivity contribution in [1.82, 2.24) is 14.7 Å². The maximum Gasteiger partial charge on any atom is 0.229 e. The van der Waals surface area contributed by atoms with Gasteiger partial charge in [-0.3, -0.25) is 4.99 Å². The van der Waals surface area contributed by atoms with Crippen molar-refractivity contribution in [1.29, 1.82) is 0 Å². The fourth-order valence-corrected chi connectivity index (χ4v) is 1.76. The molecule has 0 radical (unpaired) electrons. The minimum absolute atomic E-state index is 0.874. The molecular weight excluding hydrogens is 178 g/mol. The molecule has 1 aromatic heterocycles. The number of aryl methyl sites for hydroxylation is 1. The third-order valence-corrected chi connectivity index (χ3v) is 2.40. The second kappa shape index (κ2) is 2.67. The van der Waals surface area contributed by atoms with Crippen molar-refractivity contribution in [2.24, 2.45) is 9.98 Å². The van der Waals surface area contributed by atoms with Crippen molar-refractivity contribution in [3.8, 4) is 0 Å². The molecule has 0 aliphatic carbocycles. The maximum absolute atomic E-state index is 4.46. The van der Waals surface area contributed by atoms with Gasteiger partial charge in [-0.05, 0) is 13.3 Å². The molecule has 0 bridgehead atoms. The van der Waals surface area contributed by atoms with Crippen molar-refractivity contribution in [3.05, 3.63) is 11.8 Å². The third kappa shape index (κ3) is 0.982. The second-order valence-corrected chi connectivity index (χ2v) is 3.53. The number of rotatable bonds is 0. The van der Waals surface area contributed by atoms with Gasteiger partial charge in [0, 0.05) is 19.2 Å². The molecule has 0 aromatic carbocycles. The lowest BCUT2D eigenvalue weighted by Crippen LogP contribution is -2.41. The predicted octanol–water partition coefficient (Wildman–Crippen LogP) is 0.775. The zero-order chi connectivity index (χ0) is 9.54. The van der Waals surface area contributed by atoms with Crippen LogP contribution in [0.5, 0.6) is 0 Å². The number of hydrogen-bond donors (Lipinski definition) is 0. The SMILES string of the molecule is Cc1cc2n(n1)C1=NCCCN1C=N2. The smallest absolute Gasteiger partial charge is 0.229 e. The standard InChI is InChI=1S/C9H11N5/c1-7-5-8-11-6-13-4-2-3-10-9(13)14(8)12-7/h5-6H,2-4H2,1H3. The largest absolute Gasteiger partial charge is 0.301 e. The first-order valence-corrected chi connectivity index (χ1v) is 4.77. The van der Waals surface area contributed by atoms with Crippen LogP contribution in [0, 0.1) is 6.92 Å². The van der Waals surface area contributed by atoms with E-state index in [1.165, 1.54) is 0 Å². The Labute approximate surface area is 81.8 Å². The second-order valence-electron chi connectivity index (χ2n) is 3.53. The van der Waals surface area contributed by atoms with Gasteiger partial charge in [-0.25, -0.2) is 4.99 Å². The van der Waals surface area contributed by atoms with Crippen molar-refractivity contribution < 1.29 is 0 Å². The van der Waals surface area contributed by atoms with Gasteiger partial charge in [0.05, 0.1) is 12.0 Å². The molecule has 0 spiro atoms. The van der Waals surface area contributed by atoms with E-state index < -0.39 is 0 Å². The molecular formula is C9H11N5. The molecule has 0 atom stereocenters. The Balaban J connectivity index is 2.16. The molecule has 14 heavy (non-hydrogen) atoms. The summed E-state index contributed by atoms with van der Waals surface area (Å²) in [4.78, 5) is 10.8. The molecule has 1 aromatic rings. The van der Waals surface area contributed by atoms with Gasteiger partial charge >= 0.3 is 0 Å². The topological polar surface area (TPSA) is 45.8 Å². The predicted molar refractivity (Wildman–Crippen MR) is 54.1 cm³/mol. The van der Waals surface area contributed by atoms with E-state index in [4.69, 9.17) is 0 Å². The highest BCUT2D eigenvalue weighted by molar-refractivity contribution is 5.96. The zero-order valence-corrected chi connectivity index (χ0v) is 8.01. The van der Waals surface area contributed by atoms with Crippen LogP contribution in [0.4, 0.5) is 5.82 Å². The van der Waals surface area contributed by atoms with Crippen LogP contribution in [0.3, 0.4) is 0 Å². The number of aliphatic imine (C=N–C) groups is 2. The Morgan fingerprint density at radius 3 is 3.29 bits per heavy atom. The molecule has 3 heterocycles. The molecule has 0 N–H and O–H groups in total. The van der Waals surface area contributed by atoms with E-state index in [1.54, 1.807) is 0 Å². The first-order valence-electron chi connectivity index (χ1n) is 4.77. The van der Waals surface area contributed by atoms with E-state index in [1.807, 2.05) is 28.9 Å². The molecule has 2 aliphatic heterocycles.